The molecule has 2 N–H and O–H groups in total. The summed E-state index contributed by atoms with van der Waals surface area (Å²) in [4.78, 5) is 14.2. The van der Waals surface area contributed by atoms with Crippen LogP contribution in [0.2, 0.25) is 5.02 Å². The van der Waals surface area contributed by atoms with Crippen molar-refractivity contribution in [3.05, 3.63) is 28.9 Å². The highest BCUT2D eigenvalue weighted by Crippen LogP contribution is 2.28. The third kappa shape index (κ3) is 4.77. The molecule has 0 bridgehead atoms. The Morgan fingerprint density at radius 3 is 2.88 bits per heavy atom. The SMILES string of the molecule is Cc1nonc1OCCNC(=O)Nc1cc(N2CCOCC2)ccc1Cl. The summed E-state index contributed by atoms with van der Waals surface area (Å²) in [5, 5.41) is 13.1. The minimum atomic E-state index is -0.371. The summed E-state index contributed by atoms with van der Waals surface area (Å²) in [7, 11) is 0. The van der Waals surface area contributed by atoms with Crippen molar-refractivity contribution in [2.75, 3.05) is 49.7 Å². The van der Waals surface area contributed by atoms with Crippen molar-refractivity contribution in [1.29, 1.82) is 0 Å². The van der Waals surface area contributed by atoms with Crippen molar-refractivity contribution in [3.8, 4) is 5.88 Å². The van der Waals surface area contributed by atoms with Crippen molar-refractivity contribution in [1.82, 2.24) is 15.6 Å². The highest BCUT2D eigenvalue weighted by Gasteiger charge is 2.14. The van der Waals surface area contributed by atoms with E-state index in [9.17, 15) is 4.79 Å². The van der Waals surface area contributed by atoms with E-state index >= 15 is 0 Å². The minimum absolute atomic E-state index is 0.240. The van der Waals surface area contributed by atoms with Gasteiger partial charge in [0, 0.05) is 18.8 Å². The Morgan fingerprint density at radius 1 is 1.35 bits per heavy atom. The zero-order valence-electron chi connectivity index (χ0n) is 14.3. The molecule has 1 fully saturated rings. The molecule has 1 aliphatic heterocycles. The first-order chi connectivity index (χ1) is 12.6. The molecule has 0 saturated carbocycles. The molecule has 1 saturated heterocycles. The lowest BCUT2D eigenvalue weighted by Gasteiger charge is -2.29. The number of urea groups is 1. The smallest absolute Gasteiger partial charge is 0.319 e. The van der Waals surface area contributed by atoms with Crippen molar-refractivity contribution in [2.24, 2.45) is 0 Å². The first-order valence-corrected chi connectivity index (χ1v) is 8.60. The average Bonchev–Trinajstić information content (AvgIpc) is 3.06. The topological polar surface area (TPSA) is 102 Å². The molecule has 26 heavy (non-hydrogen) atoms. The van der Waals surface area contributed by atoms with E-state index in [1.54, 1.807) is 13.0 Å². The highest BCUT2D eigenvalue weighted by molar-refractivity contribution is 6.33. The van der Waals surface area contributed by atoms with Crippen LogP contribution in [0, 0.1) is 6.92 Å². The van der Waals surface area contributed by atoms with Gasteiger partial charge in [-0.25, -0.2) is 9.42 Å². The molecule has 9 nitrogen and oxygen atoms in total. The Hall–Kier alpha value is -2.52. The molecule has 1 aromatic carbocycles. The predicted molar refractivity (Wildman–Crippen MR) is 96.0 cm³/mol. The van der Waals surface area contributed by atoms with E-state index in [0.717, 1.165) is 18.8 Å². The predicted octanol–water partition coefficient (Wildman–Crippen LogP) is 2.07. The number of nitrogens with one attached hydrogen (secondary N) is 2. The fraction of sp³-hybridized carbons (Fsp3) is 0.438. The summed E-state index contributed by atoms with van der Waals surface area (Å²) in [5.74, 6) is 0.313. The average molecular weight is 382 g/mol. The lowest BCUT2D eigenvalue weighted by molar-refractivity contribution is 0.122. The van der Waals surface area contributed by atoms with Gasteiger partial charge in [0.15, 0.2) is 0 Å². The molecule has 0 aliphatic carbocycles. The molecule has 0 atom stereocenters. The van der Waals surface area contributed by atoms with E-state index in [4.69, 9.17) is 21.1 Å². The zero-order valence-corrected chi connectivity index (χ0v) is 15.1. The van der Waals surface area contributed by atoms with E-state index < -0.39 is 0 Å². The van der Waals surface area contributed by atoms with Crippen LogP contribution in [-0.4, -0.2) is 55.8 Å². The fourth-order valence-electron chi connectivity index (χ4n) is 2.46. The van der Waals surface area contributed by atoms with Gasteiger partial charge in [-0.05, 0) is 30.3 Å². The van der Waals surface area contributed by atoms with Crippen LogP contribution < -0.4 is 20.3 Å². The van der Waals surface area contributed by atoms with Crippen molar-refractivity contribution < 1.29 is 18.9 Å². The quantitative estimate of drug-likeness (QED) is 0.738. The Morgan fingerprint density at radius 2 is 2.15 bits per heavy atom. The standard InChI is InChI=1S/C16H20ClN5O4/c1-11-15(21-26-20-11)25-7-4-18-16(23)19-14-10-12(2-3-13(14)17)22-5-8-24-9-6-22/h2-3,10H,4-9H2,1H3,(H2,18,19,23). The lowest BCUT2D eigenvalue weighted by atomic mass is 10.2. The van der Waals surface area contributed by atoms with Crippen LogP contribution in [0.1, 0.15) is 5.69 Å². The van der Waals surface area contributed by atoms with Crippen LogP contribution in [0.4, 0.5) is 16.2 Å². The monoisotopic (exact) mass is 381 g/mol. The van der Waals surface area contributed by atoms with E-state index in [2.05, 4.69) is 30.5 Å². The van der Waals surface area contributed by atoms with E-state index in [1.165, 1.54) is 0 Å². The first-order valence-electron chi connectivity index (χ1n) is 8.22. The maximum Gasteiger partial charge on any atom is 0.319 e. The van der Waals surface area contributed by atoms with E-state index in [-0.39, 0.29) is 12.6 Å². The van der Waals surface area contributed by atoms with Crippen molar-refractivity contribution >= 4 is 29.0 Å². The second kappa shape index (κ2) is 8.72. The number of hydrogen-bond acceptors (Lipinski definition) is 7. The molecule has 10 heteroatoms. The zero-order chi connectivity index (χ0) is 18.4. The Kier molecular flexibility index (Phi) is 6.13. The fourth-order valence-corrected chi connectivity index (χ4v) is 2.63. The number of aromatic nitrogens is 2. The van der Waals surface area contributed by atoms with Crippen LogP contribution in [-0.2, 0) is 4.74 Å². The number of nitrogens with zero attached hydrogens (tertiary/aromatic N) is 3. The summed E-state index contributed by atoms with van der Waals surface area (Å²) >= 11 is 6.19. The molecular weight excluding hydrogens is 362 g/mol. The number of carbonyl (C=O) groups excluding carboxylic acids is 1. The van der Waals surface area contributed by atoms with Crippen LogP contribution >= 0.6 is 11.6 Å². The number of morpholine rings is 1. The number of halogens is 1. The van der Waals surface area contributed by atoms with Crippen LogP contribution in [0.5, 0.6) is 5.88 Å². The molecule has 0 radical (unpaired) electrons. The van der Waals surface area contributed by atoms with Gasteiger partial charge in [0.25, 0.3) is 5.88 Å². The first kappa shape index (κ1) is 18.3. The summed E-state index contributed by atoms with van der Waals surface area (Å²) in [5.41, 5.74) is 2.09. The van der Waals surface area contributed by atoms with Gasteiger partial charge in [-0.3, -0.25) is 0 Å². The number of aryl methyl sites for hydroxylation is 1. The molecule has 3 rings (SSSR count). The van der Waals surface area contributed by atoms with Crippen LogP contribution in [0.25, 0.3) is 0 Å². The molecule has 2 heterocycles. The van der Waals surface area contributed by atoms with Crippen LogP contribution in [0.15, 0.2) is 22.8 Å². The van der Waals surface area contributed by atoms with E-state index in [0.29, 0.717) is 42.0 Å². The number of rotatable bonds is 6. The maximum absolute atomic E-state index is 12.1. The summed E-state index contributed by atoms with van der Waals surface area (Å²) in [6.45, 7) is 5.24. The number of ether oxygens (including phenoxy) is 2. The molecular formula is C16H20ClN5O4. The highest BCUT2D eigenvalue weighted by atomic mass is 35.5. The van der Waals surface area contributed by atoms with Gasteiger partial charge in [-0.2, -0.15) is 0 Å². The summed E-state index contributed by atoms with van der Waals surface area (Å²) in [6.07, 6.45) is 0. The molecule has 2 amide bonds. The normalized spacial score (nSPS) is 14.2. The summed E-state index contributed by atoms with van der Waals surface area (Å²) < 4.78 is 15.2. The van der Waals surface area contributed by atoms with Gasteiger partial charge >= 0.3 is 6.03 Å². The molecule has 140 valence electrons. The largest absolute Gasteiger partial charge is 0.472 e. The van der Waals surface area contributed by atoms with Crippen molar-refractivity contribution in [2.45, 2.75) is 6.92 Å². The molecule has 2 aromatic rings. The molecule has 0 unspecified atom stereocenters. The third-order valence-electron chi connectivity index (χ3n) is 3.81. The number of hydrogen-bond donors (Lipinski definition) is 2. The van der Waals surface area contributed by atoms with E-state index in [1.807, 2.05) is 12.1 Å². The number of anilines is 2. The number of carbonyl (C=O) groups is 1. The number of amides is 2. The molecule has 0 spiro atoms. The van der Waals surface area contributed by atoms with Gasteiger partial charge in [-0.1, -0.05) is 16.8 Å². The Bertz CT molecular complexity index is 748. The van der Waals surface area contributed by atoms with Gasteiger partial charge < -0.3 is 25.0 Å². The number of benzene rings is 1. The summed E-state index contributed by atoms with van der Waals surface area (Å²) in [6, 6.07) is 5.18. The molecule has 1 aromatic heterocycles. The Balaban J connectivity index is 1.49. The minimum Gasteiger partial charge on any atom is -0.472 e. The molecule has 1 aliphatic rings. The van der Waals surface area contributed by atoms with Crippen molar-refractivity contribution in [3.63, 3.8) is 0 Å². The third-order valence-corrected chi connectivity index (χ3v) is 4.14. The second-order valence-electron chi connectivity index (χ2n) is 5.65. The van der Waals surface area contributed by atoms with Gasteiger partial charge in [0.1, 0.15) is 12.3 Å². The van der Waals surface area contributed by atoms with Crippen LogP contribution in [0.3, 0.4) is 0 Å². The second-order valence-corrected chi connectivity index (χ2v) is 6.05. The lowest BCUT2D eigenvalue weighted by Crippen LogP contribution is -2.36. The Labute approximate surface area is 155 Å². The van der Waals surface area contributed by atoms with Gasteiger partial charge in [0.2, 0.25) is 0 Å². The van der Waals surface area contributed by atoms with Gasteiger partial charge in [0.05, 0.1) is 30.5 Å². The maximum atomic E-state index is 12.1. The van der Waals surface area contributed by atoms with Gasteiger partial charge in [-0.15, -0.1) is 0 Å².